The van der Waals surface area contributed by atoms with E-state index in [1.807, 2.05) is 0 Å². The molecule has 0 saturated heterocycles. The van der Waals surface area contributed by atoms with Crippen molar-refractivity contribution in [3.63, 3.8) is 0 Å². The fourth-order valence-corrected chi connectivity index (χ4v) is 6.68. The van der Waals surface area contributed by atoms with E-state index < -0.39 is 73.7 Å². The SMILES string of the molecule is CC(c1ncncc1F)C(Cn1cncn1)(OP(=O)(OCc1c(F)cccc1Cl)OCc1c(F)cccc1Cl)c1ccc(F)cc1F. The molecule has 0 aliphatic carbocycles. The Labute approximate surface area is 274 Å². The molecule has 2 unspecified atom stereocenters. The van der Waals surface area contributed by atoms with Crippen LogP contribution in [0, 0.1) is 29.1 Å². The minimum atomic E-state index is -5.19. The van der Waals surface area contributed by atoms with E-state index >= 15 is 8.78 Å². The molecule has 0 spiro atoms. The largest absolute Gasteiger partial charge is 0.476 e. The summed E-state index contributed by atoms with van der Waals surface area (Å²) in [6.45, 7) is -0.862. The van der Waals surface area contributed by atoms with Gasteiger partial charge in [-0.05, 0) is 30.3 Å². The van der Waals surface area contributed by atoms with Crippen LogP contribution in [0.3, 0.4) is 0 Å². The Morgan fingerprint density at radius 2 is 1.49 bits per heavy atom. The second kappa shape index (κ2) is 14.5. The van der Waals surface area contributed by atoms with Gasteiger partial charge < -0.3 is 0 Å². The first-order valence-corrected chi connectivity index (χ1v) is 15.8. The molecule has 5 aromatic rings. The van der Waals surface area contributed by atoms with Gasteiger partial charge in [0.2, 0.25) is 0 Å². The zero-order valence-electron chi connectivity index (χ0n) is 24.2. The Kier molecular flexibility index (Phi) is 10.7. The summed E-state index contributed by atoms with van der Waals surface area (Å²) in [6, 6.07) is 9.89. The summed E-state index contributed by atoms with van der Waals surface area (Å²) in [7, 11) is -5.19. The lowest BCUT2D eigenvalue weighted by atomic mass is 9.79. The molecule has 9 nitrogen and oxygen atoms in total. The maximum atomic E-state index is 15.8. The first-order chi connectivity index (χ1) is 22.4. The fourth-order valence-electron chi connectivity index (χ4n) is 4.78. The van der Waals surface area contributed by atoms with Crippen molar-refractivity contribution in [2.75, 3.05) is 0 Å². The molecule has 5 rings (SSSR count). The minimum Gasteiger partial charge on any atom is -0.282 e. The van der Waals surface area contributed by atoms with Crippen molar-refractivity contribution in [2.24, 2.45) is 0 Å². The summed E-state index contributed by atoms with van der Waals surface area (Å²) >= 11 is 12.3. The third-order valence-electron chi connectivity index (χ3n) is 7.19. The second-order valence-corrected chi connectivity index (χ2v) is 12.5. The molecule has 2 aromatic heterocycles. The van der Waals surface area contributed by atoms with E-state index in [9.17, 15) is 17.7 Å². The molecule has 0 amide bonds. The quantitative estimate of drug-likeness (QED) is 0.0887. The van der Waals surface area contributed by atoms with Gasteiger partial charge in [0.15, 0.2) is 5.82 Å². The molecule has 0 saturated carbocycles. The number of benzene rings is 3. The molecule has 0 fully saturated rings. The van der Waals surface area contributed by atoms with Gasteiger partial charge in [0.1, 0.15) is 47.9 Å². The molecule has 2 heterocycles. The number of halogens is 7. The van der Waals surface area contributed by atoms with E-state index in [2.05, 4.69) is 20.1 Å². The van der Waals surface area contributed by atoms with Gasteiger partial charge in [-0.25, -0.2) is 46.2 Å². The molecule has 0 radical (unpaired) electrons. The lowest BCUT2D eigenvalue weighted by molar-refractivity contribution is -0.0330. The topological polar surface area (TPSA) is 101 Å². The molecule has 47 heavy (non-hydrogen) atoms. The van der Waals surface area contributed by atoms with E-state index in [1.54, 1.807) is 0 Å². The van der Waals surface area contributed by atoms with Gasteiger partial charge in [0.05, 0.1) is 31.6 Å². The van der Waals surface area contributed by atoms with Crippen LogP contribution in [-0.4, -0.2) is 24.7 Å². The number of rotatable bonds is 13. The third-order valence-corrected chi connectivity index (χ3v) is 9.34. The lowest BCUT2D eigenvalue weighted by Crippen LogP contribution is -2.41. The lowest BCUT2D eigenvalue weighted by Gasteiger charge is -2.40. The smallest absolute Gasteiger partial charge is 0.282 e. The van der Waals surface area contributed by atoms with Crippen molar-refractivity contribution < 1.29 is 40.1 Å². The first-order valence-electron chi connectivity index (χ1n) is 13.6. The number of hydrogen-bond acceptors (Lipinski definition) is 8. The van der Waals surface area contributed by atoms with Crippen LogP contribution >= 0.6 is 31.0 Å². The van der Waals surface area contributed by atoms with E-state index in [1.165, 1.54) is 37.5 Å². The van der Waals surface area contributed by atoms with Gasteiger partial charge >= 0.3 is 7.82 Å². The molecule has 0 bridgehead atoms. The normalized spacial score (nSPS) is 13.8. The second-order valence-electron chi connectivity index (χ2n) is 10.1. The zero-order chi connectivity index (χ0) is 33.8. The average molecular weight is 714 g/mol. The van der Waals surface area contributed by atoms with Crippen molar-refractivity contribution in [2.45, 2.75) is 38.2 Å². The number of nitrogens with zero attached hydrogens (tertiary/aromatic N) is 5. The highest BCUT2D eigenvalue weighted by Crippen LogP contribution is 2.60. The summed E-state index contributed by atoms with van der Waals surface area (Å²) in [5, 5.41) is 3.82. The van der Waals surface area contributed by atoms with Crippen LogP contribution in [0.4, 0.5) is 22.0 Å². The van der Waals surface area contributed by atoms with Crippen LogP contribution in [0.2, 0.25) is 10.0 Å². The highest BCUT2D eigenvalue weighted by molar-refractivity contribution is 7.48. The standard InChI is InChI=1S/C30H23Cl2F5N5O4P/c1-18(29-28(37)11-38-15-40-29)30(14-42-17-39-16-41-42,22-9-8-19(33)10-27(22)36)46-47(43,44-12-20-23(31)4-2-6-25(20)34)45-13-21-24(32)5-3-7-26(21)35/h2-11,15-18H,12-14H2,1H3. The number of phosphoric ester groups is 1. The molecular weight excluding hydrogens is 691 g/mol. The Morgan fingerprint density at radius 3 is 2.02 bits per heavy atom. The van der Waals surface area contributed by atoms with Gasteiger partial charge in [-0.1, -0.05) is 48.3 Å². The molecule has 246 valence electrons. The van der Waals surface area contributed by atoms with Crippen LogP contribution in [0.15, 0.2) is 79.8 Å². The van der Waals surface area contributed by atoms with E-state index in [0.717, 1.165) is 47.8 Å². The van der Waals surface area contributed by atoms with Gasteiger partial charge in [0.25, 0.3) is 0 Å². The molecule has 0 aliphatic rings. The van der Waals surface area contributed by atoms with Gasteiger partial charge in [-0.3, -0.25) is 13.6 Å². The highest BCUT2D eigenvalue weighted by atomic mass is 35.5. The first kappa shape index (κ1) is 34.6. The number of phosphoric acid groups is 1. The van der Waals surface area contributed by atoms with E-state index in [0.29, 0.717) is 6.07 Å². The molecule has 17 heteroatoms. The van der Waals surface area contributed by atoms with Gasteiger partial charge in [0, 0.05) is 38.7 Å². The minimum absolute atomic E-state index is 0.108. The Balaban J connectivity index is 1.70. The van der Waals surface area contributed by atoms with Crippen LogP contribution in [0.1, 0.15) is 35.2 Å². The summed E-state index contributed by atoms with van der Waals surface area (Å²) in [5.74, 6) is -6.20. The molecule has 3 aromatic carbocycles. The van der Waals surface area contributed by atoms with Crippen molar-refractivity contribution in [1.29, 1.82) is 0 Å². The summed E-state index contributed by atoms with van der Waals surface area (Å²) in [6.07, 6.45) is 4.19. The predicted molar refractivity (Wildman–Crippen MR) is 160 cm³/mol. The van der Waals surface area contributed by atoms with Crippen molar-refractivity contribution in [3.8, 4) is 0 Å². The van der Waals surface area contributed by atoms with Gasteiger partial charge in [-0.15, -0.1) is 0 Å². The van der Waals surface area contributed by atoms with Crippen LogP contribution in [0.25, 0.3) is 0 Å². The Hall–Kier alpha value is -3.78. The third kappa shape index (κ3) is 7.69. The summed E-state index contributed by atoms with van der Waals surface area (Å²) in [4.78, 5) is 11.5. The van der Waals surface area contributed by atoms with E-state index in [-0.39, 0.29) is 26.9 Å². The predicted octanol–water partition coefficient (Wildman–Crippen LogP) is 8.33. The fraction of sp³-hybridized carbons (Fsp3) is 0.200. The highest BCUT2D eigenvalue weighted by Gasteiger charge is 2.51. The zero-order valence-corrected chi connectivity index (χ0v) is 26.6. The summed E-state index contributed by atoms with van der Waals surface area (Å²) < 4.78 is 108. The number of hydrogen-bond donors (Lipinski definition) is 0. The van der Waals surface area contributed by atoms with Crippen molar-refractivity contribution in [1.82, 2.24) is 24.7 Å². The molecule has 0 aliphatic heterocycles. The molecule has 2 atom stereocenters. The van der Waals surface area contributed by atoms with Crippen LogP contribution in [0.5, 0.6) is 0 Å². The van der Waals surface area contributed by atoms with Crippen LogP contribution in [-0.2, 0) is 43.5 Å². The Bertz CT molecular complexity index is 1830. The Morgan fingerprint density at radius 1 is 0.851 bits per heavy atom. The van der Waals surface area contributed by atoms with Gasteiger partial charge in [-0.2, -0.15) is 5.10 Å². The maximum absolute atomic E-state index is 15.8. The number of aromatic nitrogens is 5. The van der Waals surface area contributed by atoms with Crippen molar-refractivity contribution in [3.05, 3.63) is 141 Å². The summed E-state index contributed by atoms with van der Waals surface area (Å²) in [5.41, 5.74) is -3.68. The van der Waals surface area contributed by atoms with Crippen LogP contribution < -0.4 is 0 Å². The molecular formula is C30H23Cl2F5N5O4P. The monoisotopic (exact) mass is 713 g/mol. The molecule has 0 N–H and O–H groups in total. The van der Waals surface area contributed by atoms with E-state index in [4.69, 9.17) is 36.8 Å². The van der Waals surface area contributed by atoms with Crippen molar-refractivity contribution >= 4 is 31.0 Å². The maximum Gasteiger partial charge on any atom is 0.476 e. The average Bonchev–Trinajstić information content (AvgIpc) is 3.53.